The van der Waals surface area contributed by atoms with Crippen molar-refractivity contribution in [3.8, 4) is 0 Å². The third-order valence-electron chi connectivity index (χ3n) is 4.41. The molecule has 1 aliphatic rings. The van der Waals surface area contributed by atoms with Gasteiger partial charge in [0, 0.05) is 19.5 Å². The Morgan fingerprint density at radius 2 is 2.14 bits per heavy atom. The van der Waals surface area contributed by atoms with Crippen molar-refractivity contribution < 1.29 is 4.79 Å². The van der Waals surface area contributed by atoms with Crippen molar-refractivity contribution in [2.75, 3.05) is 26.2 Å². The van der Waals surface area contributed by atoms with E-state index in [-0.39, 0.29) is 0 Å². The first-order valence-electron chi connectivity index (χ1n) is 8.32. The minimum Gasteiger partial charge on any atom is -0.343 e. The molecule has 3 nitrogen and oxygen atoms in total. The number of piperidine rings is 1. The lowest BCUT2D eigenvalue weighted by atomic mass is 9.94. The minimum atomic E-state index is 0.319. The molecule has 21 heavy (non-hydrogen) atoms. The van der Waals surface area contributed by atoms with E-state index in [0.717, 1.165) is 39.0 Å². The van der Waals surface area contributed by atoms with Gasteiger partial charge in [0.1, 0.15) is 0 Å². The first-order valence-corrected chi connectivity index (χ1v) is 8.32. The highest BCUT2D eigenvalue weighted by Crippen LogP contribution is 2.16. The summed E-state index contributed by atoms with van der Waals surface area (Å²) < 4.78 is 0. The van der Waals surface area contributed by atoms with Crippen LogP contribution in [-0.2, 0) is 11.2 Å². The summed E-state index contributed by atoms with van der Waals surface area (Å²) in [4.78, 5) is 14.3. The summed E-state index contributed by atoms with van der Waals surface area (Å²) in [6.45, 7) is 5.95. The van der Waals surface area contributed by atoms with Crippen molar-refractivity contribution in [2.45, 2.75) is 39.0 Å². The van der Waals surface area contributed by atoms with Crippen molar-refractivity contribution in [1.29, 1.82) is 0 Å². The average molecular weight is 288 g/mol. The van der Waals surface area contributed by atoms with Crippen LogP contribution in [0.15, 0.2) is 30.3 Å². The fraction of sp³-hybridized carbons (Fsp3) is 0.611. The minimum absolute atomic E-state index is 0.319. The highest BCUT2D eigenvalue weighted by molar-refractivity contribution is 5.76. The summed E-state index contributed by atoms with van der Waals surface area (Å²) in [7, 11) is 0. The van der Waals surface area contributed by atoms with E-state index in [2.05, 4.69) is 36.5 Å². The second kappa shape index (κ2) is 8.83. The number of nitrogens with zero attached hydrogens (tertiary/aromatic N) is 1. The molecule has 1 aromatic rings. The Labute approximate surface area is 128 Å². The highest BCUT2D eigenvalue weighted by atomic mass is 16.2. The van der Waals surface area contributed by atoms with Crippen LogP contribution in [0.3, 0.4) is 0 Å². The predicted octanol–water partition coefficient (Wildman–Crippen LogP) is 2.86. The number of nitrogens with one attached hydrogen (secondary N) is 1. The molecule has 1 N–H and O–H groups in total. The van der Waals surface area contributed by atoms with Gasteiger partial charge in [0.25, 0.3) is 0 Å². The van der Waals surface area contributed by atoms with Gasteiger partial charge in [-0.15, -0.1) is 0 Å². The standard InChI is InChI=1S/C18H28N2O/c1-2-20(14-12-16-7-4-3-5-8-16)18(21)11-10-17-9-6-13-19-15-17/h3-5,7-8,17,19H,2,6,9-15H2,1H3. The molecule has 1 aliphatic heterocycles. The van der Waals surface area contributed by atoms with Crippen LogP contribution in [0.2, 0.25) is 0 Å². The van der Waals surface area contributed by atoms with Crippen LogP contribution >= 0.6 is 0 Å². The molecule has 0 radical (unpaired) electrons. The maximum atomic E-state index is 12.3. The number of hydrogen-bond acceptors (Lipinski definition) is 2. The van der Waals surface area contributed by atoms with E-state index in [1.807, 2.05) is 11.0 Å². The fourth-order valence-corrected chi connectivity index (χ4v) is 3.02. The Hall–Kier alpha value is -1.35. The number of carbonyl (C=O) groups excluding carboxylic acids is 1. The van der Waals surface area contributed by atoms with E-state index < -0.39 is 0 Å². The molecule has 3 heteroatoms. The Morgan fingerprint density at radius 3 is 2.81 bits per heavy atom. The molecule has 1 unspecified atom stereocenters. The largest absolute Gasteiger partial charge is 0.343 e. The molecule has 0 bridgehead atoms. The molecule has 1 saturated heterocycles. The van der Waals surface area contributed by atoms with Crippen molar-refractivity contribution in [2.24, 2.45) is 5.92 Å². The van der Waals surface area contributed by atoms with Gasteiger partial charge in [-0.1, -0.05) is 30.3 Å². The molecule has 116 valence electrons. The predicted molar refractivity (Wildman–Crippen MR) is 87.2 cm³/mol. The number of hydrogen-bond donors (Lipinski definition) is 1. The van der Waals surface area contributed by atoms with E-state index in [1.165, 1.54) is 18.4 Å². The normalized spacial score (nSPS) is 18.4. The van der Waals surface area contributed by atoms with E-state index in [1.54, 1.807) is 0 Å². The van der Waals surface area contributed by atoms with E-state index in [9.17, 15) is 4.79 Å². The SMILES string of the molecule is CCN(CCc1ccccc1)C(=O)CCC1CCCNC1. The molecule has 1 heterocycles. The Bertz CT molecular complexity index is 412. The van der Waals surface area contributed by atoms with Crippen LogP contribution in [0, 0.1) is 5.92 Å². The summed E-state index contributed by atoms with van der Waals surface area (Å²) in [6.07, 6.45) is 5.22. The van der Waals surface area contributed by atoms with Gasteiger partial charge in [0.15, 0.2) is 0 Å². The first kappa shape index (κ1) is 16.0. The third-order valence-corrected chi connectivity index (χ3v) is 4.41. The van der Waals surface area contributed by atoms with Gasteiger partial charge in [0.05, 0.1) is 0 Å². The van der Waals surface area contributed by atoms with Gasteiger partial charge >= 0.3 is 0 Å². The van der Waals surface area contributed by atoms with E-state index in [0.29, 0.717) is 18.2 Å². The summed E-state index contributed by atoms with van der Waals surface area (Å²) >= 11 is 0. The van der Waals surface area contributed by atoms with Crippen LogP contribution in [0.1, 0.15) is 38.2 Å². The van der Waals surface area contributed by atoms with E-state index >= 15 is 0 Å². The molecule has 0 spiro atoms. The Morgan fingerprint density at radius 1 is 1.33 bits per heavy atom. The zero-order valence-corrected chi connectivity index (χ0v) is 13.2. The van der Waals surface area contributed by atoms with Gasteiger partial charge in [-0.2, -0.15) is 0 Å². The smallest absolute Gasteiger partial charge is 0.222 e. The highest BCUT2D eigenvalue weighted by Gasteiger charge is 2.17. The maximum Gasteiger partial charge on any atom is 0.222 e. The molecule has 0 saturated carbocycles. The van der Waals surface area contributed by atoms with Crippen LogP contribution in [0.25, 0.3) is 0 Å². The van der Waals surface area contributed by atoms with Crippen LogP contribution < -0.4 is 5.32 Å². The monoisotopic (exact) mass is 288 g/mol. The zero-order chi connectivity index (χ0) is 14.9. The Kier molecular flexibility index (Phi) is 6.74. The van der Waals surface area contributed by atoms with Crippen molar-refractivity contribution in [3.63, 3.8) is 0 Å². The number of likely N-dealkylation sites (N-methyl/N-ethyl adjacent to an activating group) is 1. The molecule has 1 fully saturated rings. The van der Waals surface area contributed by atoms with Crippen molar-refractivity contribution in [1.82, 2.24) is 10.2 Å². The molecule has 0 aromatic heterocycles. The summed E-state index contributed by atoms with van der Waals surface area (Å²) in [5, 5.41) is 3.42. The number of benzene rings is 1. The van der Waals surface area contributed by atoms with Gasteiger partial charge < -0.3 is 10.2 Å². The lowest BCUT2D eigenvalue weighted by Crippen LogP contribution is -2.34. The van der Waals surface area contributed by atoms with Gasteiger partial charge in [-0.05, 0) is 57.2 Å². The molecule has 2 rings (SSSR count). The fourth-order valence-electron chi connectivity index (χ4n) is 3.02. The van der Waals surface area contributed by atoms with Crippen LogP contribution in [0.5, 0.6) is 0 Å². The van der Waals surface area contributed by atoms with E-state index in [4.69, 9.17) is 0 Å². The topological polar surface area (TPSA) is 32.3 Å². The van der Waals surface area contributed by atoms with Crippen LogP contribution in [-0.4, -0.2) is 37.0 Å². The van der Waals surface area contributed by atoms with Crippen molar-refractivity contribution >= 4 is 5.91 Å². The third kappa shape index (κ3) is 5.50. The number of amides is 1. The van der Waals surface area contributed by atoms with Crippen molar-refractivity contribution in [3.05, 3.63) is 35.9 Å². The summed E-state index contributed by atoms with van der Waals surface area (Å²) in [6, 6.07) is 10.4. The summed E-state index contributed by atoms with van der Waals surface area (Å²) in [5.74, 6) is 1.01. The Balaban J connectivity index is 1.73. The van der Waals surface area contributed by atoms with Gasteiger partial charge in [-0.25, -0.2) is 0 Å². The molecule has 1 aromatic carbocycles. The lowest BCUT2D eigenvalue weighted by Gasteiger charge is -2.25. The zero-order valence-electron chi connectivity index (χ0n) is 13.2. The lowest BCUT2D eigenvalue weighted by molar-refractivity contribution is -0.131. The molecule has 0 aliphatic carbocycles. The molecular formula is C18H28N2O. The average Bonchev–Trinajstić information content (AvgIpc) is 2.55. The second-order valence-electron chi connectivity index (χ2n) is 5.96. The van der Waals surface area contributed by atoms with Gasteiger partial charge in [-0.3, -0.25) is 4.79 Å². The molecule has 1 atom stereocenters. The molecule has 1 amide bonds. The number of carbonyl (C=O) groups is 1. The maximum absolute atomic E-state index is 12.3. The van der Waals surface area contributed by atoms with Crippen LogP contribution in [0.4, 0.5) is 0 Å². The number of rotatable bonds is 7. The summed E-state index contributed by atoms with van der Waals surface area (Å²) in [5.41, 5.74) is 1.31. The molecular weight excluding hydrogens is 260 g/mol. The second-order valence-corrected chi connectivity index (χ2v) is 5.96. The first-order chi connectivity index (χ1) is 10.3. The quantitative estimate of drug-likeness (QED) is 0.837. The van der Waals surface area contributed by atoms with Gasteiger partial charge in [0.2, 0.25) is 5.91 Å².